The Hall–Kier alpha value is 0.0900. The monoisotopic (exact) mass is 142 g/mol. The second-order valence-electron chi connectivity index (χ2n) is 3.89. The van der Waals surface area contributed by atoms with Crippen LogP contribution in [0.4, 0.5) is 0 Å². The second-order valence-corrected chi connectivity index (χ2v) is 4.33. The predicted octanol–water partition coefficient (Wildman–Crippen LogP) is 2.81. The van der Waals surface area contributed by atoms with Gasteiger partial charge < -0.3 is 0 Å². The third kappa shape index (κ3) is 1.75. The topological polar surface area (TPSA) is 0 Å². The van der Waals surface area contributed by atoms with Gasteiger partial charge in [-0.15, -0.1) is 0 Å². The molecule has 1 aliphatic rings. The first kappa shape index (κ1) is 7.20. The van der Waals surface area contributed by atoms with Crippen molar-refractivity contribution in [1.29, 1.82) is 0 Å². The lowest BCUT2D eigenvalue weighted by Gasteiger charge is -2.18. The van der Waals surface area contributed by atoms with Crippen molar-refractivity contribution in [2.75, 3.05) is 0 Å². The number of thiocarbonyl (C=S) groups is 1. The standard InChI is InChI=1S/C8H14S/c1-8(2,3)7(9)6-4-5-6/h6H,4-5H2,1-3H3. The van der Waals surface area contributed by atoms with Gasteiger partial charge in [0.15, 0.2) is 0 Å². The van der Waals surface area contributed by atoms with Gasteiger partial charge in [0, 0.05) is 4.86 Å². The molecule has 52 valence electrons. The smallest absolute Gasteiger partial charge is 0.00129 e. The lowest BCUT2D eigenvalue weighted by atomic mass is 9.89. The SMILES string of the molecule is CC(C)(C)C(=S)C1CC1. The highest BCUT2D eigenvalue weighted by Crippen LogP contribution is 2.37. The number of rotatable bonds is 1. The molecule has 0 saturated heterocycles. The van der Waals surface area contributed by atoms with Crippen LogP contribution in [0.5, 0.6) is 0 Å². The van der Waals surface area contributed by atoms with Gasteiger partial charge in [-0.25, -0.2) is 0 Å². The highest BCUT2D eigenvalue weighted by molar-refractivity contribution is 7.80. The number of hydrogen-bond acceptors (Lipinski definition) is 1. The average Bonchev–Trinajstić information content (AvgIpc) is 2.40. The third-order valence-corrected chi connectivity index (χ3v) is 2.63. The summed E-state index contributed by atoms with van der Waals surface area (Å²) in [6.45, 7) is 6.61. The van der Waals surface area contributed by atoms with Crippen molar-refractivity contribution in [2.45, 2.75) is 33.6 Å². The van der Waals surface area contributed by atoms with E-state index in [0.29, 0.717) is 0 Å². The van der Waals surface area contributed by atoms with E-state index < -0.39 is 0 Å². The van der Waals surface area contributed by atoms with Gasteiger partial charge in [-0.1, -0.05) is 33.0 Å². The summed E-state index contributed by atoms with van der Waals surface area (Å²) in [6, 6.07) is 0. The minimum Gasteiger partial charge on any atom is -0.0888 e. The van der Waals surface area contributed by atoms with Crippen molar-refractivity contribution < 1.29 is 0 Å². The quantitative estimate of drug-likeness (QED) is 0.507. The average molecular weight is 142 g/mol. The van der Waals surface area contributed by atoms with Crippen molar-refractivity contribution in [3.63, 3.8) is 0 Å². The van der Waals surface area contributed by atoms with Crippen LogP contribution in [0.2, 0.25) is 0 Å². The minimum atomic E-state index is 0.274. The highest BCUT2D eigenvalue weighted by atomic mass is 32.1. The van der Waals surface area contributed by atoms with Gasteiger partial charge in [0.2, 0.25) is 0 Å². The van der Waals surface area contributed by atoms with Crippen LogP contribution in [0, 0.1) is 11.3 Å². The van der Waals surface area contributed by atoms with Crippen LogP contribution < -0.4 is 0 Å². The molecule has 9 heavy (non-hydrogen) atoms. The Balaban J connectivity index is 2.50. The Bertz CT molecular complexity index is 126. The van der Waals surface area contributed by atoms with E-state index in [1.807, 2.05) is 0 Å². The summed E-state index contributed by atoms with van der Waals surface area (Å²) in [4.78, 5) is 1.28. The Kier molecular flexibility index (Phi) is 1.64. The molecule has 0 spiro atoms. The van der Waals surface area contributed by atoms with E-state index in [0.717, 1.165) is 5.92 Å². The van der Waals surface area contributed by atoms with E-state index >= 15 is 0 Å². The van der Waals surface area contributed by atoms with E-state index in [-0.39, 0.29) is 5.41 Å². The van der Waals surface area contributed by atoms with Gasteiger partial charge in [0.25, 0.3) is 0 Å². The molecule has 0 amide bonds. The molecule has 1 saturated carbocycles. The van der Waals surface area contributed by atoms with Gasteiger partial charge in [-0.05, 0) is 24.2 Å². The zero-order chi connectivity index (χ0) is 7.07. The van der Waals surface area contributed by atoms with Crippen LogP contribution in [-0.2, 0) is 0 Å². The van der Waals surface area contributed by atoms with Crippen molar-refractivity contribution in [3.8, 4) is 0 Å². The number of hydrogen-bond donors (Lipinski definition) is 0. The summed E-state index contributed by atoms with van der Waals surface area (Å²) in [5.74, 6) is 0.792. The summed E-state index contributed by atoms with van der Waals surface area (Å²) < 4.78 is 0. The van der Waals surface area contributed by atoms with E-state index in [1.165, 1.54) is 17.7 Å². The normalized spacial score (nSPS) is 19.9. The third-order valence-electron chi connectivity index (χ3n) is 1.69. The zero-order valence-electron chi connectivity index (χ0n) is 6.40. The summed E-state index contributed by atoms with van der Waals surface area (Å²) in [5.41, 5.74) is 0.274. The molecule has 0 aliphatic heterocycles. The molecule has 0 nitrogen and oxygen atoms in total. The van der Waals surface area contributed by atoms with E-state index in [1.54, 1.807) is 0 Å². The van der Waals surface area contributed by atoms with Crippen LogP contribution >= 0.6 is 12.2 Å². The van der Waals surface area contributed by atoms with Crippen LogP contribution in [0.25, 0.3) is 0 Å². The molecule has 0 atom stereocenters. The van der Waals surface area contributed by atoms with Crippen molar-refractivity contribution in [2.24, 2.45) is 11.3 Å². The fourth-order valence-corrected chi connectivity index (χ4v) is 1.19. The minimum absolute atomic E-state index is 0.274. The van der Waals surface area contributed by atoms with Crippen LogP contribution in [0.3, 0.4) is 0 Å². The molecule has 0 aromatic rings. The maximum atomic E-state index is 5.28. The summed E-state index contributed by atoms with van der Waals surface area (Å²) in [6.07, 6.45) is 2.69. The second kappa shape index (κ2) is 2.05. The largest absolute Gasteiger partial charge is 0.0888 e. The zero-order valence-corrected chi connectivity index (χ0v) is 7.22. The lowest BCUT2D eigenvalue weighted by Crippen LogP contribution is -2.19. The van der Waals surface area contributed by atoms with Crippen molar-refractivity contribution in [1.82, 2.24) is 0 Å². The Labute approximate surface area is 62.6 Å². The molecule has 0 bridgehead atoms. The fraction of sp³-hybridized carbons (Fsp3) is 0.875. The van der Waals surface area contributed by atoms with Crippen molar-refractivity contribution >= 4 is 17.1 Å². The van der Waals surface area contributed by atoms with E-state index in [2.05, 4.69) is 20.8 Å². The fourth-order valence-electron chi connectivity index (χ4n) is 0.958. The van der Waals surface area contributed by atoms with E-state index in [4.69, 9.17) is 12.2 Å². The van der Waals surface area contributed by atoms with Gasteiger partial charge in [-0.3, -0.25) is 0 Å². The molecule has 0 aromatic carbocycles. The van der Waals surface area contributed by atoms with Gasteiger partial charge in [0.05, 0.1) is 0 Å². The van der Waals surface area contributed by atoms with Crippen LogP contribution in [0.15, 0.2) is 0 Å². The molecule has 0 aromatic heterocycles. The molecular weight excluding hydrogens is 128 g/mol. The van der Waals surface area contributed by atoms with Crippen LogP contribution in [0.1, 0.15) is 33.6 Å². The molecule has 0 unspecified atom stereocenters. The summed E-state index contributed by atoms with van der Waals surface area (Å²) in [5, 5.41) is 0. The van der Waals surface area contributed by atoms with Crippen LogP contribution in [-0.4, -0.2) is 4.86 Å². The first-order valence-electron chi connectivity index (χ1n) is 3.56. The molecule has 1 fully saturated rings. The van der Waals surface area contributed by atoms with E-state index in [9.17, 15) is 0 Å². The van der Waals surface area contributed by atoms with Gasteiger partial charge in [-0.2, -0.15) is 0 Å². The summed E-state index contributed by atoms with van der Waals surface area (Å²) >= 11 is 5.28. The van der Waals surface area contributed by atoms with Crippen molar-refractivity contribution in [3.05, 3.63) is 0 Å². The molecular formula is C8H14S. The molecule has 0 radical (unpaired) electrons. The predicted molar refractivity (Wildman–Crippen MR) is 44.8 cm³/mol. The first-order valence-corrected chi connectivity index (χ1v) is 3.97. The van der Waals surface area contributed by atoms with Gasteiger partial charge >= 0.3 is 0 Å². The first-order chi connectivity index (χ1) is 4.02. The molecule has 1 rings (SSSR count). The highest BCUT2D eigenvalue weighted by Gasteiger charge is 2.32. The Morgan fingerprint density at radius 1 is 1.33 bits per heavy atom. The molecule has 0 N–H and O–H groups in total. The molecule has 1 heteroatoms. The molecule has 0 heterocycles. The Morgan fingerprint density at radius 2 is 1.78 bits per heavy atom. The summed E-state index contributed by atoms with van der Waals surface area (Å²) in [7, 11) is 0. The lowest BCUT2D eigenvalue weighted by molar-refractivity contribution is 0.585. The maximum Gasteiger partial charge on any atom is 0.00129 e. The maximum absolute atomic E-state index is 5.28. The van der Waals surface area contributed by atoms with Gasteiger partial charge in [0.1, 0.15) is 0 Å². The Morgan fingerprint density at radius 3 is 1.89 bits per heavy atom. The molecule has 1 aliphatic carbocycles.